The van der Waals surface area contributed by atoms with Crippen LogP contribution in [-0.2, 0) is 4.79 Å². The topological polar surface area (TPSA) is 71.3 Å². The molecule has 1 fully saturated rings. The Morgan fingerprint density at radius 1 is 1.32 bits per heavy atom. The van der Waals surface area contributed by atoms with Crippen LogP contribution in [-0.4, -0.2) is 39.5 Å². The molecular formula is C20H20BrF4N5O. The quantitative estimate of drug-likeness (QED) is 0.373. The van der Waals surface area contributed by atoms with Gasteiger partial charge in [0, 0.05) is 24.3 Å². The second-order valence-electron chi connectivity index (χ2n) is 7.06. The number of carbonyl (C=O) groups is 1. The molecule has 31 heavy (non-hydrogen) atoms. The summed E-state index contributed by atoms with van der Waals surface area (Å²) in [4.78, 5) is 17.9. The summed E-state index contributed by atoms with van der Waals surface area (Å²) < 4.78 is 52.9. The lowest BCUT2D eigenvalue weighted by Gasteiger charge is -2.10. The first-order chi connectivity index (χ1) is 14.7. The summed E-state index contributed by atoms with van der Waals surface area (Å²) >= 11 is 3.24. The van der Waals surface area contributed by atoms with E-state index in [1.165, 1.54) is 25.1 Å². The van der Waals surface area contributed by atoms with Gasteiger partial charge in [-0.1, -0.05) is 12.1 Å². The van der Waals surface area contributed by atoms with Crippen molar-refractivity contribution >= 4 is 33.8 Å². The Balaban J connectivity index is 0.000000391. The van der Waals surface area contributed by atoms with E-state index < -0.39 is 12.6 Å². The van der Waals surface area contributed by atoms with Crippen LogP contribution >= 0.6 is 15.9 Å². The van der Waals surface area contributed by atoms with Crippen molar-refractivity contribution in [1.82, 2.24) is 19.7 Å². The first kappa shape index (κ1) is 23.0. The zero-order chi connectivity index (χ0) is 22.6. The third-order valence-corrected chi connectivity index (χ3v) is 4.89. The molecule has 6 nitrogen and oxygen atoms in total. The highest BCUT2D eigenvalue weighted by Gasteiger charge is 2.26. The molecule has 3 aromatic rings. The third kappa shape index (κ3) is 6.39. The van der Waals surface area contributed by atoms with E-state index in [0.29, 0.717) is 33.1 Å². The molecule has 0 aliphatic heterocycles. The van der Waals surface area contributed by atoms with Gasteiger partial charge in [-0.15, -0.1) is 0 Å². The van der Waals surface area contributed by atoms with Gasteiger partial charge in [-0.25, -0.2) is 14.4 Å². The zero-order valence-electron chi connectivity index (χ0n) is 16.5. The molecule has 2 N–H and O–H groups in total. The number of hydrogen-bond donors (Lipinski definition) is 2. The summed E-state index contributed by atoms with van der Waals surface area (Å²) in [6.45, 7) is 1.35. The molecular weight excluding hydrogens is 482 g/mol. The van der Waals surface area contributed by atoms with E-state index in [2.05, 4.69) is 36.5 Å². The van der Waals surface area contributed by atoms with Crippen molar-refractivity contribution in [3.8, 4) is 11.3 Å². The fourth-order valence-corrected chi connectivity index (χ4v) is 3.09. The van der Waals surface area contributed by atoms with Gasteiger partial charge in [-0.2, -0.15) is 13.2 Å². The van der Waals surface area contributed by atoms with E-state index in [0.717, 1.165) is 6.41 Å². The van der Waals surface area contributed by atoms with Gasteiger partial charge in [-0.05, 0) is 47.3 Å². The molecule has 1 aromatic carbocycles. The molecule has 0 unspecified atom stereocenters. The summed E-state index contributed by atoms with van der Waals surface area (Å²) in [6, 6.07) is 5.34. The maximum absolute atomic E-state index is 13.8. The number of halogens is 5. The Kier molecular flexibility index (Phi) is 7.14. The number of amides is 1. The fraction of sp³-hybridized carbons (Fsp3) is 0.350. The van der Waals surface area contributed by atoms with Crippen LogP contribution in [0.4, 0.5) is 23.4 Å². The minimum Gasteiger partial charge on any atom is -0.367 e. The van der Waals surface area contributed by atoms with Crippen molar-refractivity contribution in [2.45, 2.75) is 38.4 Å². The number of fused-ring (bicyclic) bond motifs is 1. The van der Waals surface area contributed by atoms with Gasteiger partial charge >= 0.3 is 6.18 Å². The highest BCUT2D eigenvalue weighted by atomic mass is 79.9. The SMILES string of the molecule is Cc1ccc(-c2cnc3c(NCCC(F)(F)F)nc(Br)cn23)cc1F.O=CNC1CC1. The number of benzene rings is 1. The number of anilines is 1. The summed E-state index contributed by atoms with van der Waals surface area (Å²) in [7, 11) is 0. The number of nitrogens with one attached hydrogen (secondary N) is 2. The molecule has 4 rings (SSSR count). The Morgan fingerprint density at radius 2 is 2.06 bits per heavy atom. The van der Waals surface area contributed by atoms with E-state index in [-0.39, 0.29) is 18.2 Å². The van der Waals surface area contributed by atoms with Crippen molar-refractivity contribution < 1.29 is 22.4 Å². The lowest BCUT2D eigenvalue weighted by Crippen LogP contribution is -2.15. The Hall–Kier alpha value is -2.69. The van der Waals surface area contributed by atoms with Crippen LogP contribution in [0.15, 0.2) is 35.2 Å². The number of hydrogen-bond acceptors (Lipinski definition) is 4. The van der Waals surface area contributed by atoms with Crippen LogP contribution < -0.4 is 10.6 Å². The summed E-state index contributed by atoms with van der Waals surface area (Å²) in [5.41, 5.74) is 2.10. The third-order valence-electron chi connectivity index (χ3n) is 4.51. The normalized spacial score (nSPS) is 13.5. The minimum atomic E-state index is -4.25. The van der Waals surface area contributed by atoms with E-state index in [9.17, 15) is 22.4 Å². The highest BCUT2D eigenvalue weighted by Crippen LogP contribution is 2.27. The van der Waals surface area contributed by atoms with E-state index in [1.807, 2.05) is 0 Å². The van der Waals surface area contributed by atoms with E-state index in [4.69, 9.17) is 0 Å². The largest absolute Gasteiger partial charge is 0.390 e. The standard InChI is InChI=1S/C16H13BrF4N4.C4H7NO/c1-9-2-3-10(6-11(9)18)12-7-23-15-14(22-5-4-16(19,20)21)24-13(17)8-25(12)15;6-3-5-4-1-2-4/h2-3,6-8H,4-5H2,1H3,(H,22,24);3-4H,1-2H2,(H,5,6). The lowest BCUT2D eigenvalue weighted by molar-refractivity contribution is -0.131. The molecule has 11 heteroatoms. The molecule has 2 aromatic heterocycles. The molecule has 0 bridgehead atoms. The maximum atomic E-state index is 13.8. The molecule has 2 heterocycles. The smallest absolute Gasteiger partial charge is 0.367 e. The second kappa shape index (κ2) is 9.63. The first-order valence-electron chi connectivity index (χ1n) is 9.48. The van der Waals surface area contributed by atoms with Gasteiger partial charge in [0.2, 0.25) is 6.41 Å². The van der Waals surface area contributed by atoms with Crippen molar-refractivity contribution in [2.24, 2.45) is 0 Å². The molecule has 0 spiro atoms. The number of aromatic nitrogens is 3. The highest BCUT2D eigenvalue weighted by molar-refractivity contribution is 9.10. The number of imidazole rings is 1. The molecule has 1 amide bonds. The van der Waals surface area contributed by atoms with Crippen LogP contribution in [0.25, 0.3) is 16.9 Å². The van der Waals surface area contributed by atoms with Crippen LogP contribution in [0.2, 0.25) is 0 Å². The first-order valence-corrected chi connectivity index (χ1v) is 10.3. The fourth-order valence-electron chi connectivity index (χ4n) is 2.71. The van der Waals surface area contributed by atoms with E-state index >= 15 is 0 Å². The zero-order valence-corrected chi connectivity index (χ0v) is 18.1. The Morgan fingerprint density at radius 3 is 2.65 bits per heavy atom. The number of aryl methyl sites for hydroxylation is 1. The van der Waals surface area contributed by atoms with Gasteiger partial charge in [0.25, 0.3) is 0 Å². The number of alkyl halides is 3. The summed E-state index contributed by atoms with van der Waals surface area (Å²) in [5.74, 6) is -0.124. The van der Waals surface area contributed by atoms with Gasteiger partial charge in [0.15, 0.2) is 11.5 Å². The second-order valence-corrected chi connectivity index (χ2v) is 7.88. The van der Waals surface area contributed by atoms with Gasteiger partial charge in [-0.3, -0.25) is 9.20 Å². The van der Waals surface area contributed by atoms with Gasteiger partial charge in [0.1, 0.15) is 10.4 Å². The van der Waals surface area contributed by atoms with Gasteiger partial charge < -0.3 is 10.6 Å². The van der Waals surface area contributed by atoms with Crippen LogP contribution in [0.5, 0.6) is 0 Å². The predicted molar refractivity (Wildman–Crippen MR) is 112 cm³/mol. The van der Waals surface area contributed by atoms with Crippen LogP contribution in [0.3, 0.4) is 0 Å². The molecule has 1 aliphatic carbocycles. The minimum absolute atomic E-state index is 0.220. The summed E-state index contributed by atoms with van der Waals surface area (Å²) in [6.07, 6.45) is 1.04. The molecule has 0 atom stereocenters. The van der Waals surface area contributed by atoms with Crippen LogP contribution in [0, 0.1) is 12.7 Å². The average molecular weight is 502 g/mol. The molecule has 1 saturated carbocycles. The van der Waals surface area contributed by atoms with Crippen molar-refractivity contribution in [3.63, 3.8) is 0 Å². The maximum Gasteiger partial charge on any atom is 0.390 e. The Bertz CT molecular complexity index is 1070. The molecule has 1 aliphatic rings. The predicted octanol–water partition coefficient (Wildman–Crippen LogP) is 4.87. The van der Waals surface area contributed by atoms with E-state index in [1.54, 1.807) is 29.7 Å². The monoisotopic (exact) mass is 501 g/mol. The Labute approximate surface area is 184 Å². The molecule has 0 radical (unpaired) electrons. The summed E-state index contributed by atoms with van der Waals surface area (Å²) in [5, 5.41) is 5.29. The number of nitrogens with zero attached hydrogens (tertiary/aromatic N) is 3. The average Bonchev–Trinajstić information content (AvgIpc) is 3.40. The number of rotatable bonds is 6. The number of carbonyl (C=O) groups excluding carboxylic acids is 1. The lowest BCUT2D eigenvalue weighted by atomic mass is 10.1. The molecule has 166 valence electrons. The van der Waals surface area contributed by atoms with Crippen molar-refractivity contribution in [2.75, 3.05) is 11.9 Å². The molecule has 0 saturated heterocycles. The van der Waals surface area contributed by atoms with Crippen molar-refractivity contribution in [1.29, 1.82) is 0 Å². The van der Waals surface area contributed by atoms with Crippen molar-refractivity contribution in [3.05, 3.63) is 46.6 Å². The van der Waals surface area contributed by atoms with Gasteiger partial charge in [0.05, 0.1) is 18.3 Å². The van der Waals surface area contributed by atoms with Crippen LogP contribution in [0.1, 0.15) is 24.8 Å².